The van der Waals surface area contributed by atoms with Gasteiger partial charge >= 0.3 is 11.8 Å². The van der Waals surface area contributed by atoms with Crippen molar-refractivity contribution in [2.45, 2.75) is 0 Å². The molecule has 3 rings (SSSR count). The lowest BCUT2D eigenvalue weighted by Crippen LogP contribution is -2.29. The molecule has 0 bridgehead atoms. The average molecular weight is 322 g/mol. The number of carbonyl (C=O) groups is 2. The normalized spacial score (nSPS) is 10.0. The SMILES string of the molecule is O=C(Nc1ccc(Nc2ccccc2)cc1)C(=O)Nc1ncn[nH]1. The Morgan fingerprint density at radius 3 is 2.08 bits per heavy atom. The number of para-hydroxylation sites is 1. The van der Waals surface area contributed by atoms with E-state index in [1.54, 1.807) is 24.3 Å². The van der Waals surface area contributed by atoms with Gasteiger partial charge in [0.05, 0.1) is 0 Å². The molecule has 0 spiro atoms. The van der Waals surface area contributed by atoms with Crippen LogP contribution in [0.15, 0.2) is 60.9 Å². The van der Waals surface area contributed by atoms with Gasteiger partial charge in [-0.15, -0.1) is 0 Å². The van der Waals surface area contributed by atoms with Crippen LogP contribution in [0.4, 0.5) is 23.0 Å². The zero-order valence-electron chi connectivity index (χ0n) is 12.5. The molecule has 120 valence electrons. The lowest BCUT2D eigenvalue weighted by atomic mass is 10.2. The van der Waals surface area contributed by atoms with Crippen molar-refractivity contribution in [2.24, 2.45) is 0 Å². The Balaban J connectivity index is 1.57. The minimum Gasteiger partial charge on any atom is -0.356 e. The number of H-pyrrole nitrogens is 1. The van der Waals surface area contributed by atoms with Crippen LogP contribution in [0.25, 0.3) is 0 Å². The van der Waals surface area contributed by atoms with Crippen molar-refractivity contribution in [1.29, 1.82) is 0 Å². The molecule has 0 aliphatic heterocycles. The van der Waals surface area contributed by atoms with E-state index in [1.807, 2.05) is 30.3 Å². The summed E-state index contributed by atoms with van der Waals surface area (Å²) in [5.74, 6) is -1.52. The summed E-state index contributed by atoms with van der Waals surface area (Å²) in [6.07, 6.45) is 1.23. The highest BCUT2D eigenvalue weighted by atomic mass is 16.2. The number of aromatic amines is 1. The molecule has 0 atom stereocenters. The molecule has 0 unspecified atom stereocenters. The van der Waals surface area contributed by atoms with Gasteiger partial charge in [0.15, 0.2) is 0 Å². The van der Waals surface area contributed by atoms with E-state index in [4.69, 9.17) is 0 Å². The van der Waals surface area contributed by atoms with E-state index in [2.05, 4.69) is 31.1 Å². The fraction of sp³-hybridized carbons (Fsp3) is 0. The first-order chi connectivity index (χ1) is 11.7. The van der Waals surface area contributed by atoms with E-state index >= 15 is 0 Å². The fourth-order valence-electron chi connectivity index (χ4n) is 1.94. The first-order valence-corrected chi connectivity index (χ1v) is 7.10. The van der Waals surface area contributed by atoms with E-state index in [0.29, 0.717) is 5.69 Å². The van der Waals surface area contributed by atoms with Crippen LogP contribution in [0.1, 0.15) is 0 Å². The molecular formula is C16H14N6O2. The van der Waals surface area contributed by atoms with Crippen LogP contribution >= 0.6 is 0 Å². The molecule has 8 heteroatoms. The van der Waals surface area contributed by atoms with Gasteiger partial charge in [-0.1, -0.05) is 18.2 Å². The molecule has 0 aliphatic rings. The monoisotopic (exact) mass is 322 g/mol. The summed E-state index contributed by atoms with van der Waals surface area (Å²) in [6, 6.07) is 16.7. The maximum atomic E-state index is 11.8. The van der Waals surface area contributed by atoms with Gasteiger partial charge in [0.25, 0.3) is 0 Å². The molecule has 4 N–H and O–H groups in total. The van der Waals surface area contributed by atoms with Gasteiger partial charge in [-0.05, 0) is 36.4 Å². The number of aromatic nitrogens is 3. The van der Waals surface area contributed by atoms with Crippen LogP contribution in [-0.2, 0) is 9.59 Å². The molecular weight excluding hydrogens is 308 g/mol. The molecule has 0 saturated heterocycles. The third-order valence-electron chi connectivity index (χ3n) is 3.06. The maximum Gasteiger partial charge on any atom is 0.316 e. The van der Waals surface area contributed by atoms with Crippen LogP contribution in [-0.4, -0.2) is 27.0 Å². The van der Waals surface area contributed by atoms with Gasteiger partial charge < -0.3 is 10.6 Å². The number of rotatable bonds is 4. The molecule has 0 aliphatic carbocycles. The largest absolute Gasteiger partial charge is 0.356 e. The van der Waals surface area contributed by atoms with E-state index in [1.165, 1.54) is 6.33 Å². The van der Waals surface area contributed by atoms with Crippen molar-refractivity contribution >= 4 is 34.8 Å². The molecule has 0 fully saturated rings. The fourth-order valence-corrected chi connectivity index (χ4v) is 1.94. The third-order valence-corrected chi connectivity index (χ3v) is 3.06. The zero-order chi connectivity index (χ0) is 16.8. The van der Waals surface area contributed by atoms with Gasteiger partial charge in [-0.3, -0.25) is 14.9 Å². The number of carbonyl (C=O) groups excluding carboxylic acids is 2. The Labute approximate surface area is 137 Å². The standard InChI is InChI=1S/C16H14N6O2/c23-14(15(24)21-16-17-10-18-22-16)20-13-8-6-12(7-9-13)19-11-4-2-1-3-5-11/h1-10,19H,(H,20,23)(H2,17,18,21,22,24). The first-order valence-electron chi connectivity index (χ1n) is 7.10. The molecule has 8 nitrogen and oxygen atoms in total. The summed E-state index contributed by atoms with van der Waals surface area (Å²) in [6.45, 7) is 0. The van der Waals surface area contributed by atoms with Gasteiger partial charge in [0.2, 0.25) is 5.95 Å². The summed E-state index contributed by atoms with van der Waals surface area (Å²) in [5.41, 5.74) is 2.33. The molecule has 24 heavy (non-hydrogen) atoms. The number of anilines is 4. The summed E-state index contributed by atoms with van der Waals surface area (Å²) < 4.78 is 0. The Kier molecular flexibility index (Phi) is 4.47. The van der Waals surface area contributed by atoms with Gasteiger partial charge in [0, 0.05) is 17.1 Å². The Hall–Kier alpha value is -3.68. The molecule has 1 heterocycles. The van der Waals surface area contributed by atoms with Crippen molar-refractivity contribution in [3.63, 3.8) is 0 Å². The molecule has 0 radical (unpaired) electrons. The maximum absolute atomic E-state index is 11.8. The van der Waals surface area contributed by atoms with Gasteiger partial charge in [-0.2, -0.15) is 10.1 Å². The second-order valence-electron chi connectivity index (χ2n) is 4.81. The van der Waals surface area contributed by atoms with Crippen molar-refractivity contribution in [1.82, 2.24) is 15.2 Å². The highest BCUT2D eigenvalue weighted by molar-refractivity contribution is 6.43. The third kappa shape index (κ3) is 3.95. The van der Waals surface area contributed by atoms with Crippen molar-refractivity contribution in [3.8, 4) is 0 Å². The van der Waals surface area contributed by atoms with Crippen molar-refractivity contribution in [3.05, 3.63) is 60.9 Å². The quantitative estimate of drug-likeness (QED) is 0.550. The van der Waals surface area contributed by atoms with Crippen molar-refractivity contribution in [2.75, 3.05) is 16.0 Å². The summed E-state index contributed by atoms with van der Waals surface area (Å²) in [7, 11) is 0. The lowest BCUT2D eigenvalue weighted by molar-refractivity contribution is -0.133. The molecule has 2 amide bonds. The minimum atomic E-state index is -0.835. The Bertz CT molecular complexity index is 816. The van der Waals surface area contributed by atoms with Gasteiger partial charge in [0.1, 0.15) is 6.33 Å². The predicted octanol–water partition coefficient (Wildman–Crippen LogP) is 2.13. The molecule has 0 saturated carbocycles. The van der Waals surface area contributed by atoms with Crippen LogP contribution < -0.4 is 16.0 Å². The number of benzene rings is 2. The summed E-state index contributed by atoms with van der Waals surface area (Å²) >= 11 is 0. The number of amides is 2. The number of nitrogens with one attached hydrogen (secondary N) is 4. The number of nitrogens with zero attached hydrogens (tertiary/aromatic N) is 2. The second kappa shape index (κ2) is 7.05. The highest BCUT2D eigenvalue weighted by Gasteiger charge is 2.15. The van der Waals surface area contributed by atoms with E-state index < -0.39 is 11.8 Å². The second-order valence-corrected chi connectivity index (χ2v) is 4.81. The predicted molar refractivity (Wildman–Crippen MR) is 89.8 cm³/mol. The zero-order valence-corrected chi connectivity index (χ0v) is 12.5. The molecule has 2 aromatic carbocycles. The number of hydrogen-bond acceptors (Lipinski definition) is 5. The first kappa shape index (κ1) is 15.2. The lowest BCUT2D eigenvalue weighted by Gasteiger charge is -2.08. The Morgan fingerprint density at radius 2 is 1.42 bits per heavy atom. The van der Waals surface area contributed by atoms with Crippen LogP contribution in [0.5, 0.6) is 0 Å². The number of hydrogen-bond donors (Lipinski definition) is 4. The van der Waals surface area contributed by atoms with Gasteiger partial charge in [-0.25, -0.2) is 5.10 Å². The molecule has 1 aromatic heterocycles. The minimum absolute atomic E-state index is 0.109. The van der Waals surface area contributed by atoms with Crippen LogP contribution in [0.2, 0.25) is 0 Å². The topological polar surface area (TPSA) is 112 Å². The highest BCUT2D eigenvalue weighted by Crippen LogP contribution is 2.18. The summed E-state index contributed by atoms with van der Waals surface area (Å²) in [5, 5.41) is 14.0. The average Bonchev–Trinajstić information content (AvgIpc) is 3.10. The van der Waals surface area contributed by atoms with E-state index in [-0.39, 0.29) is 5.95 Å². The van der Waals surface area contributed by atoms with Crippen molar-refractivity contribution < 1.29 is 9.59 Å². The van der Waals surface area contributed by atoms with Crippen LogP contribution in [0, 0.1) is 0 Å². The van der Waals surface area contributed by atoms with E-state index in [9.17, 15) is 9.59 Å². The van der Waals surface area contributed by atoms with E-state index in [0.717, 1.165) is 11.4 Å². The summed E-state index contributed by atoms with van der Waals surface area (Å²) in [4.78, 5) is 27.2. The molecule has 3 aromatic rings. The smallest absolute Gasteiger partial charge is 0.316 e. The van der Waals surface area contributed by atoms with Crippen LogP contribution in [0.3, 0.4) is 0 Å². The Morgan fingerprint density at radius 1 is 0.792 bits per heavy atom.